The van der Waals surface area contributed by atoms with Crippen LogP contribution in [0.3, 0.4) is 0 Å². The van der Waals surface area contributed by atoms with Crippen molar-refractivity contribution in [1.29, 1.82) is 0 Å². The number of hydrogen-bond donors (Lipinski definition) is 3. The lowest BCUT2D eigenvalue weighted by Crippen LogP contribution is -2.12. The average molecular weight is 262 g/mol. The number of benzene rings is 1. The van der Waals surface area contributed by atoms with Crippen LogP contribution in [0.15, 0.2) is 16.9 Å². The van der Waals surface area contributed by atoms with E-state index in [2.05, 4.69) is 10.2 Å². The van der Waals surface area contributed by atoms with Crippen LogP contribution in [-0.2, 0) is 0 Å². The van der Waals surface area contributed by atoms with E-state index in [4.69, 9.17) is 9.84 Å². The van der Waals surface area contributed by atoms with E-state index in [0.29, 0.717) is 11.3 Å². The van der Waals surface area contributed by atoms with Gasteiger partial charge in [0.15, 0.2) is 5.56 Å². The molecule has 1 aromatic heterocycles. The van der Waals surface area contributed by atoms with E-state index in [1.165, 1.54) is 7.11 Å². The summed E-state index contributed by atoms with van der Waals surface area (Å²) in [5.74, 6) is -0.755. The maximum absolute atomic E-state index is 11.5. The second-order valence-electron chi connectivity index (χ2n) is 4.29. The highest BCUT2D eigenvalue weighted by atomic mass is 16.5. The first-order chi connectivity index (χ1) is 8.95. The maximum Gasteiger partial charge on any atom is 0.343 e. The molecule has 0 radical (unpaired) electrons. The second kappa shape index (κ2) is 4.64. The lowest BCUT2D eigenvalue weighted by molar-refractivity contribution is 0.0696. The van der Waals surface area contributed by atoms with Gasteiger partial charge in [-0.3, -0.25) is 15.0 Å². The molecule has 0 amide bonds. The third kappa shape index (κ3) is 2.12. The van der Waals surface area contributed by atoms with Gasteiger partial charge >= 0.3 is 5.97 Å². The SMILES string of the molecule is COc1cc(C)cc(C)c1-c1[nH][nH]c(=O)c1C(=O)O. The van der Waals surface area contributed by atoms with Crippen LogP contribution in [0.25, 0.3) is 11.3 Å². The highest BCUT2D eigenvalue weighted by Crippen LogP contribution is 2.34. The molecule has 0 spiro atoms. The molecule has 0 atom stereocenters. The van der Waals surface area contributed by atoms with E-state index in [1.54, 1.807) is 6.07 Å². The summed E-state index contributed by atoms with van der Waals surface area (Å²) < 4.78 is 5.28. The molecule has 3 N–H and O–H groups in total. The molecule has 2 rings (SSSR count). The zero-order valence-corrected chi connectivity index (χ0v) is 10.8. The Morgan fingerprint density at radius 1 is 1.26 bits per heavy atom. The van der Waals surface area contributed by atoms with Crippen molar-refractivity contribution in [3.63, 3.8) is 0 Å². The van der Waals surface area contributed by atoms with Crippen LogP contribution in [0, 0.1) is 13.8 Å². The van der Waals surface area contributed by atoms with Gasteiger partial charge in [0.25, 0.3) is 5.56 Å². The molecule has 100 valence electrons. The molecule has 0 aliphatic carbocycles. The highest BCUT2D eigenvalue weighted by Gasteiger charge is 2.22. The minimum atomic E-state index is -1.28. The second-order valence-corrected chi connectivity index (χ2v) is 4.29. The number of ether oxygens (including phenoxy) is 1. The standard InChI is InChI=1S/C13H14N2O4/c1-6-4-7(2)9(8(5-6)19-3)11-10(13(17)18)12(16)15-14-11/h4-5H,1-3H3,(H,17,18)(H2,14,15,16). The predicted molar refractivity (Wildman–Crippen MR) is 69.8 cm³/mol. The molecule has 0 bridgehead atoms. The molecule has 1 aromatic carbocycles. The van der Waals surface area contributed by atoms with E-state index in [-0.39, 0.29) is 11.3 Å². The van der Waals surface area contributed by atoms with Gasteiger partial charge in [0.05, 0.1) is 12.8 Å². The average Bonchev–Trinajstić information content (AvgIpc) is 2.69. The van der Waals surface area contributed by atoms with Crippen molar-refractivity contribution in [2.24, 2.45) is 0 Å². The van der Waals surface area contributed by atoms with Crippen molar-refractivity contribution < 1.29 is 14.6 Å². The van der Waals surface area contributed by atoms with Crippen LogP contribution in [0.4, 0.5) is 0 Å². The van der Waals surface area contributed by atoms with Crippen molar-refractivity contribution in [2.45, 2.75) is 13.8 Å². The topological polar surface area (TPSA) is 95.2 Å². The Balaban J connectivity index is 2.79. The van der Waals surface area contributed by atoms with Crippen molar-refractivity contribution >= 4 is 5.97 Å². The zero-order valence-electron chi connectivity index (χ0n) is 10.8. The molecule has 1 heterocycles. The molecule has 0 unspecified atom stereocenters. The van der Waals surface area contributed by atoms with Crippen LogP contribution >= 0.6 is 0 Å². The van der Waals surface area contributed by atoms with E-state index in [9.17, 15) is 9.59 Å². The monoisotopic (exact) mass is 262 g/mol. The molecule has 6 heteroatoms. The van der Waals surface area contributed by atoms with Crippen LogP contribution in [0.5, 0.6) is 5.75 Å². The van der Waals surface area contributed by atoms with E-state index in [0.717, 1.165) is 11.1 Å². The normalized spacial score (nSPS) is 10.5. The first-order valence-corrected chi connectivity index (χ1v) is 5.65. The Hall–Kier alpha value is -2.50. The summed E-state index contributed by atoms with van der Waals surface area (Å²) in [4.78, 5) is 22.7. The maximum atomic E-state index is 11.5. The van der Waals surface area contributed by atoms with Crippen molar-refractivity contribution in [1.82, 2.24) is 10.2 Å². The molecule has 0 fully saturated rings. The Morgan fingerprint density at radius 2 is 1.95 bits per heavy atom. The van der Waals surface area contributed by atoms with Crippen molar-refractivity contribution in [3.8, 4) is 17.0 Å². The van der Waals surface area contributed by atoms with Gasteiger partial charge in [-0.15, -0.1) is 0 Å². The van der Waals surface area contributed by atoms with Gasteiger partial charge in [-0.05, 0) is 31.0 Å². The van der Waals surface area contributed by atoms with Crippen LogP contribution < -0.4 is 10.3 Å². The molecular weight excluding hydrogens is 248 g/mol. The van der Waals surface area contributed by atoms with Gasteiger partial charge in [-0.25, -0.2) is 4.79 Å². The number of carboxylic acid groups (broad SMARTS) is 1. The van der Waals surface area contributed by atoms with Gasteiger partial charge in [-0.1, -0.05) is 6.07 Å². The van der Waals surface area contributed by atoms with Crippen LogP contribution in [0.2, 0.25) is 0 Å². The summed E-state index contributed by atoms with van der Waals surface area (Å²) in [5.41, 5.74) is 1.65. The summed E-state index contributed by atoms with van der Waals surface area (Å²) in [6.45, 7) is 3.75. The fourth-order valence-electron chi connectivity index (χ4n) is 2.16. The lowest BCUT2D eigenvalue weighted by atomic mass is 9.99. The number of aromatic carboxylic acids is 1. The Morgan fingerprint density at radius 3 is 2.53 bits per heavy atom. The Bertz CT molecular complexity index is 697. The first-order valence-electron chi connectivity index (χ1n) is 5.65. The molecular formula is C13H14N2O4. The van der Waals surface area contributed by atoms with Crippen molar-refractivity contribution in [2.75, 3.05) is 7.11 Å². The van der Waals surface area contributed by atoms with Gasteiger partial charge < -0.3 is 9.84 Å². The van der Waals surface area contributed by atoms with Gasteiger partial charge in [-0.2, -0.15) is 0 Å². The van der Waals surface area contributed by atoms with Gasteiger partial charge in [0.1, 0.15) is 5.75 Å². The molecule has 0 aliphatic rings. The van der Waals surface area contributed by atoms with Crippen LogP contribution in [-0.4, -0.2) is 28.4 Å². The smallest absolute Gasteiger partial charge is 0.343 e. The molecule has 6 nitrogen and oxygen atoms in total. The van der Waals surface area contributed by atoms with E-state index < -0.39 is 11.5 Å². The number of carbonyl (C=O) groups is 1. The minimum absolute atomic E-state index is 0.229. The largest absolute Gasteiger partial charge is 0.496 e. The summed E-state index contributed by atoms with van der Waals surface area (Å²) in [6.07, 6.45) is 0. The number of aromatic amines is 2. The zero-order chi connectivity index (χ0) is 14.2. The van der Waals surface area contributed by atoms with Gasteiger partial charge in [0, 0.05) is 5.56 Å². The third-order valence-electron chi connectivity index (χ3n) is 2.91. The minimum Gasteiger partial charge on any atom is -0.496 e. The first kappa shape index (κ1) is 12.9. The summed E-state index contributed by atoms with van der Waals surface area (Å²) in [5, 5.41) is 14.0. The number of nitrogens with one attached hydrogen (secondary N) is 2. The number of carboxylic acids is 1. The number of H-pyrrole nitrogens is 2. The van der Waals surface area contributed by atoms with Gasteiger partial charge in [0.2, 0.25) is 0 Å². The Kier molecular flexibility index (Phi) is 3.16. The van der Waals surface area contributed by atoms with E-state index >= 15 is 0 Å². The number of hydrogen-bond acceptors (Lipinski definition) is 3. The fraction of sp³-hybridized carbons (Fsp3) is 0.231. The predicted octanol–water partition coefficient (Wildman–Crippen LogP) is 1.69. The summed E-state index contributed by atoms with van der Waals surface area (Å²) >= 11 is 0. The molecule has 0 aliphatic heterocycles. The molecule has 2 aromatic rings. The fourth-order valence-corrected chi connectivity index (χ4v) is 2.16. The number of aromatic nitrogens is 2. The Labute approximate surface area is 109 Å². The number of methoxy groups -OCH3 is 1. The number of aryl methyl sites for hydroxylation is 2. The third-order valence-corrected chi connectivity index (χ3v) is 2.91. The summed E-state index contributed by atoms with van der Waals surface area (Å²) in [7, 11) is 1.50. The number of rotatable bonds is 3. The molecule has 19 heavy (non-hydrogen) atoms. The summed E-state index contributed by atoms with van der Waals surface area (Å²) in [6, 6.07) is 3.69. The quantitative estimate of drug-likeness (QED) is 0.784. The lowest BCUT2D eigenvalue weighted by Gasteiger charge is -2.12. The van der Waals surface area contributed by atoms with E-state index in [1.807, 2.05) is 19.9 Å². The molecule has 0 saturated carbocycles. The van der Waals surface area contributed by atoms with Crippen molar-refractivity contribution in [3.05, 3.63) is 39.2 Å². The van der Waals surface area contributed by atoms with Crippen LogP contribution in [0.1, 0.15) is 21.5 Å². The molecule has 0 saturated heterocycles. The highest BCUT2D eigenvalue weighted by molar-refractivity contribution is 5.95.